The smallest absolute Gasteiger partial charge is 0.306 e. The molecule has 0 saturated heterocycles. The predicted molar refractivity (Wildman–Crippen MR) is 66.7 cm³/mol. The van der Waals surface area contributed by atoms with Crippen LogP contribution in [0.25, 0.3) is 0 Å². The number of aryl methyl sites for hydroxylation is 1. The fourth-order valence-corrected chi connectivity index (χ4v) is 2.31. The van der Waals surface area contributed by atoms with Crippen molar-refractivity contribution in [2.24, 2.45) is 0 Å². The third-order valence-electron chi connectivity index (χ3n) is 2.04. The van der Waals surface area contributed by atoms with Gasteiger partial charge >= 0.3 is 10.1 Å². The minimum atomic E-state index is -3.93. The van der Waals surface area contributed by atoms with Crippen molar-refractivity contribution >= 4 is 20.2 Å². The molecule has 0 fully saturated rings. The molecule has 0 saturated carbocycles. The predicted octanol–water partition coefficient (Wildman–Crippen LogP) is 0.845. The standard InChI is InChI=1S/C10H14O6S2/c1-17(11,12)16-10-6-4-9(5-7-10)3-2-8-18(13,14)15/h4-7H,2-3,8H2,1H3,(H,13,14,15). The summed E-state index contributed by atoms with van der Waals surface area (Å²) in [5.41, 5.74) is 0.833. The molecule has 102 valence electrons. The second kappa shape index (κ2) is 5.68. The minimum absolute atomic E-state index is 0.205. The highest BCUT2D eigenvalue weighted by molar-refractivity contribution is 7.86. The highest BCUT2D eigenvalue weighted by Crippen LogP contribution is 2.15. The zero-order chi connectivity index (χ0) is 13.8. The van der Waals surface area contributed by atoms with Gasteiger partial charge in [0.15, 0.2) is 0 Å². The van der Waals surface area contributed by atoms with Crippen LogP contribution in [0.2, 0.25) is 0 Å². The minimum Gasteiger partial charge on any atom is -0.383 e. The highest BCUT2D eigenvalue weighted by Gasteiger charge is 2.06. The molecule has 0 heterocycles. The first-order valence-electron chi connectivity index (χ1n) is 5.09. The Morgan fingerprint density at radius 2 is 1.67 bits per heavy atom. The average molecular weight is 294 g/mol. The molecule has 1 aromatic carbocycles. The van der Waals surface area contributed by atoms with Crippen molar-refractivity contribution in [1.29, 1.82) is 0 Å². The summed E-state index contributed by atoms with van der Waals surface area (Å²) in [4.78, 5) is 0. The first kappa shape index (κ1) is 14.9. The van der Waals surface area contributed by atoms with Gasteiger partial charge in [0, 0.05) is 0 Å². The van der Waals surface area contributed by atoms with Gasteiger partial charge in [0.05, 0.1) is 12.0 Å². The number of hydrogen-bond acceptors (Lipinski definition) is 5. The van der Waals surface area contributed by atoms with Crippen molar-refractivity contribution in [3.8, 4) is 5.75 Å². The van der Waals surface area contributed by atoms with E-state index in [4.69, 9.17) is 4.55 Å². The van der Waals surface area contributed by atoms with Gasteiger partial charge in [-0.05, 0) is 30.5 Å². The van der Waals surface area contributed by atoms with Gasteiger partial charge in [-0.3, -0.25) is 4.55 Å². The first-order chi connectivity index (χ1) is 8.16. The van der Waals surface area contributed by atoms with Crippen LogP contribution in [0.3, 0.4) is 0 Å². The number of rotatable bonds is 6. The lowest BCUT2D eigenvalue weighted by Crippen LogP contribution is -2.06. The number of benzene rings is 1. The molecule has 0 aliphatic rings. The maximum atomic E-state index is 10.9. The van der Waals surface area contributed by atoms with Crippen LogP contribution in [0.1, 0.15) is 12.0 Å². The van der Waals surface area contributed by atoms with E-state index in [9.17, 15) is 16.8 Å². The fourth-order valence-electron chi connectivity index (χ4n) is 1.35. The van der Waals surface area contributed by atoms with Crippen LogP contribution >= 0.6 is 0 Å². The van der Waals surface area contributed by atoms with Gasteiger partial charge < -0.3 is 4.18 Å². The highest BCUT2D eigenvalue weighted by atomic mass is 32.2. The summed E-state index contributed by atoms with van der Waals surface area (Å²) in [7, 11) is -7.47. The first-order valence-corrected chi connectivity index (χ1v) is 8.52. The van der Waals surface area contributed by atoms with Gasteiger partial charge in [0.25, 0.3) is 10.1 Å². The average Bonchev–Trinajstić information content (AvgIpc) is 2.16. The Morgan fingerprint density at radius 3 is 2.11 bits per heavy atom. The monoisotopic (exact) mass is 294 g/mol. The van der Waals surface area contributed by atoms with Gasteiger partial charge in [-0.15, -0.1) is 0 Å². The van der Waals surface area contributed by atoms with Gasteiger partial charge in [0.1, 0.15) is 5.75 Å². The van der Waals surface area contributed by atoms with Crippen molar-refractivity contribution in [2.75, 3.05) is 12.0 Å². The molecule has 0 unspecified atom stereocenters. The summed E-state index contributed by atoms with van der Waals surface area (Å²) in [5.74, 6) is -0.0924. The van der Waals surface area contributed by atoms with Crippen LogP contribution < -0.4 is 4.18 Å². The Morgan fingerprint density at radius 1 is 1.11 bits per heavy atom. The molecular formula is C10H14O6S2. The summed E-state index contributed by atoms with van der Waals surface area (Å²) in [6.45, 7) is 0. The van der Waals surface area contributed by atoms with Gasteiger partial charge in [-0.25, -0.2) is 0 Å². The molecule has 1 rings (SSSR count). The van der Waals surface area contributed by atoms with E-state index >= 15 is 0 Å². The third kappa shape index (κ3) is 6.58. The van der Waals surface area contributed by atoms with Crippen molar-refractivity contribution in [2.45, 2.75) is 12.8 Å². The summed E-state index contributed by atoms with van der Waals surface area (Å²) in [5, 5.41) is 0. The topological polar surface area (TPSA) is 97.7 Å². The fraction of sp³-hybridized carbons (Fsp3) is 0.400. The zero-order valence-corrected chi connectivity index (χ0v) is 11.4. The van der Waals surface area contributed by atoms with E-state index in [0.29, 0.717) is 12.8 Å². The van der Waals surface area contributed by atoms with E-state index in [-0.39, 0.29) is 11.5 Å². The summed E-state index contributed by atoms with van der Waals surface area (Å²) in [6.07, 6.45) is 1.72. The Kier molecular flexibility index (Phi) is 4.71. The molecule has 18 heavy (non-hydrogen) atoms. The van der Waals surface area contributed by atoms with Gasteiger partial charge in [0.2, 0.25) is 0 Å². The molecule has 0 aliphatic heterocycles. The third-order valence-corrected chi connectivity index (χ3v) is 3.34. The summed E-state index contributed by atoms with van der Waals surface area (Å²) < 4.78 is 55.9. The van der Waals surface area contributed by atoms with Crippen LogP contribution in [-0.2, 0) is 26.7 Å². The van der Waals surface area contributed by atoms with Crippen LogP contribution in [0, 0.1) is 0 Å². The lowest BCUT2D eigenvalue weighted by atomic mass is 10.1. The van der Waals surface area contributed by atoms with Gasteiger partial charge in [-0.2, -0.15) is 16.8 Å². The van der Waals surface area contributed by atoms with Crippen molar-refractivity contribution in [3.63, 3.8) is 0 Å². The Balaban J connectivity index is 2.56. The second-order valence-corrected chi connectivity index (χ2v) is 6.97. The quantitative estimate of drug-likeness (QED) is 0.617. The molecule has 6 nitrogen and oxygen atoms in total. The van der Waals surface area contributed by atoms with E-state index in [2.05, 4.69) is 4.18 Å². The zero-order valence-electron chi connectivity index (χ0n) is 9.74. The van der Waals surface area contributed by atoms with E-state index < -0.39 is 20.2 Å². The van der Waals surface area contributed by atoms with Crippen LogP contribution in [0.5, 0.6) is 5.75 Å². The largest absolute Gasteiger partial charge is 0.383 e. The van der Waals surface area contributed by atoms with Crippen molar-refractivity contribution in [1.82, 2.24) is 0 Å². The molecule has 0 atom stereocenters. The normalized spacial score (nSPS) is 12.3. The number of hydrogen-bond donors (Lipinski definition) is 1. The molecule has 0 aliphatic carbocycles. The Labute approximate surface area is 106 Å². The van der Waals surface area contributed by atoms with Crippen LogP contribution in [0.4, 0.5) is 0 Å². The van der Waals surface area contributed by atoms with E-state index in [1.165, 1.54) is 12.1 Å². The summed E-state index contributed by atoms with van der Waals surface area (Å²) >= 11 is 0. The van der Waals surface area contributed by atoms with Crippen molar-refractivity contribution in [3.05, 3.63) is 29.8 Å². The Hall–Kier alpha value is -1.12. The molecule has 8 heteroatoms. The lowest BCUT2D eigenvalue weighted by Gasteiger charge is -2.04. The lowest BCUT2D eigenvalue weighted by molar-refractivity contribution is 0.480. The maximum absolute atomic E-state index is 10.9. The Bertz CT molecular complexity index is 586. The summed E-state index contributed by atoms with van der Waals surface area (Å²) in [6, 6.07) is 6.27. The van der Waals surface area contributed by atoms with Crippen molar-refractivity contribution < 1.29 is 25.6 Å². The molecule has 1 aromatic rings. The van der Waals surface area contributed by atoms with E-state index in [1.807, 2.05) is 0 Å². The van der Waals surface area contributed by atoms with E-state index in [1.54, 1.807) is 12.1 Å². The SMILES string of the molecule is CS(=O)(=O)Oc1ccc(CCCS(=O)(=O)O)cc1. The van der Waals surface area contributed by atoms with Crippen LogP contribution in [0.15, 0.2) is 24.3 Å². The molecule has 1 N–H and O–H groups in total. The molecule has 0 amide bonds. The van der Waals surface area contributed by atoms with Gasteiger partial charge in [-0.1, -0.05) is 12.1 Å². The molecule has 0 aromatic heterocycles. The molecule has 0 bridgehead atoms. The molecule has 0 spiro atoms. The van der Waals surface area contributed by atoms with E-state index in [0.717, 1.165) is 11.8 Å². The van der Waals surface area contributed by atoms with Crippen LogP contribution in [-0.4, -0.2) is 33.4 Å². The molecular weight excluding hydrogens is 280 g/mol. The second-order valence-electron chi connectivity index (χ2n) is 3.82. The molecule has 0 radical (unpaired) electrons. The maximum Gasteiger partial charge on any atom is 0.306 e.